The standard InChI is InChI=1S/C12H13F3N2.C6H12/c1-8(2)11-9-5-3-4-6-10(9)17(16-11)7-12(13,14)15;1-5(2)6-3-4-6/h3-6,8H,7H2,1-2H3;5-6H,3-4H2,1-2H3. The highest BCUT2D eigenvalue weighted by molar-refractivity contribution is 5.82. The summed E-state index contributed by atoms with van der Waals surface area (Å²) >= 11 is 0. The highest BCUT2D eigenvalue weighted by Gasteiger charge is 2.30. The van der Waals surface area contributed by atoms with Crippen molar-refractivity contribution in [2.45, 2.75) is 59.2 Å². The van der Waals surface area contributed by atoms with Crippen LogP contribution in [0.3, 0.4) is 0 Å². The predicted octanol–water partition coefficient (Wildman–Crippen LogP) is 5.77. The number of para-hydroxylation sites is 1. The Labute approximate surface area is 135 Å². The van der Waals surface area contributed by atoms with Gasteiger partial charge in [-0.3, -0.25) is 4.68 Å². The summed E-state index contributed by atoms with van der Waals surface area (Å²) in [7, 11) is 0. The SMILES string of the molecule is CC(C)C1CC1.CC(C)c1nn(CC(F)(F)F)c2ccccc12. The number of fused-ring (bicyclic) bond motifs is 1. The predicted molar refractivity (Wildman–Crippen MR) is 87.4 cm³/mol. The molecule has 1 saturated carbocycles. The topological polar surface area (TPSA) is 17.8 Å². The van der Waals surface area contributed by atoms with Gasteiger partial charge in [0, 0.05) is 5.39 Å². The summed E-state index contributed by atoms with van der Waals surface area (Å²) in [6.45, 7) is 7.41. The third-order valence-electron chi connectivity index (χ3n) is 4.13. The van der Waals surface area contributed by atoms with Crippen molar-refractivity contribution in [2.24, 2.45) is 11.8 Å². The van der Waals surface area contributed by atoms with E-state index < -0.39 is 12.7 Å². The van der Waals surface area contributed by atoms with Gasteiger partial charge in [0.2, 0.25) is 0 Å². The molecule has 0 unspecified atom stereocenters. The van der Waals surface area contributed by atoms with Crippen LogP contribution in [-0.4, -0.2) is 16.0 Å². The van der Waals surface area contributed by atoms with Crippen molar-refractivity contribution < 1.29 is 13.2 Å². The number of rotatable bonds is 3. The molecule has 0 bridgehead atoms. The van der Waals surface area contributed by atoms with Gasteiger partial charge in [-0.05, 0) is 36.7 Å². The zero-order chi connectivity index (χ0) is 17.2. The molecule has 1 fully saturated rings. The lowest BCUT2D eigenvalue weighted by Crippen LogP contribution is -2.18. The van der Waals surface area contributed by atoms with Crippen LogP contribution >= 0.6 is 0 Å². The van der Waals surface area contributed by atoms with Gasteiger partial charge in [0.1, 0.15) is 6.54 Å². The lowest BCUT2D eigenvalue weighted by atomic mass is 10.1. The Hall–Kier alpha value is -1.52. The number of aromatic nitrogens is 2. The van der Waals surface area contributed by atoms with E-state index in [0.29, 0.717) is 11.2 Å². The maximum Gasteiger partial charge on any atom is 0.408 e. The van der Waals surface area contributed by atoms with Crippen molar-refractivity contribution >= 4 is 10.9 Å². The van der Waals surface area contributed by atoms with Crippen LogP contribution in [0.15, 0.2) is 24.3 Å². The van der Waals surface area contributed by atoms with E-state index in [1.165, 1.54) is 12.8 Å². The van der Waals surface area contributed by atoms with E-state index in [2.05, 4.69) is 18.9 Å². The Morgan fingerprint density at radius 1 is 1.13 bits per heavy atom. The number of alkyl halides is 3. The average molecular weight is 326 g/mol. The van der Waals surface area contributed by atoms with Crippen molar-refractivity contribution in [1.82, 2.24) is 9.78 Å². The number of hydrogen-bond donors (Lipinski definition) is 0. The molecular weight excluding hydrogens is 301 g/mol. The molecule has 1 aromatic heterocycles. The molecule has 0 spiro atoms. The smallest absolute Gasteiger partial charge is 0.255 e. The Morgan fingerprint density at radius 3 is 2.17 bits per heavy atom. The van der Waals surface area contributed by atoms with Crippen LogP contribution in [0.4, 0.5) is 13.2 Å². The summed E-state index contributed by atoms with van der Waals surface area (Å²) in [6.07, 6.45) is -1.25. The summed E-state index contributed by atoms with van der Waals surface area (Å²) in [6, 6.07) is 7.01. The van der Waals surface area contributed by atoms with Gasteiger partial charge >= 0.3 is 6.18 Å². The van der Waals surface area contributed by atoms with Crippen LogP contribution in [0.5, 0.6) is 0 Å². The Balaban J connectivity index is 0.000000268. The molecule has 1 heterocycles. The molecule has 1 aromatic carbocycles. The number of hydrogen-bond acceptors (Lipinski definition) is 1. The maximum atomic E-state index is 12.4. The summed E-state index contributed by atoms with van der Waals surface area (Å²) in [4.78, 5) is 0. The van der Waals surface area contributed by atoms with Gasteiger partial charge < -0.3 is 0 Å². The summed E-state index contributed by atoms with van der Waals surface area (Å²) in [5.74, 6) is 2.17. The van der Waals surface area contributed by atoms with E-state index in [-0.39, 0.29) is 5.92 Å². The molecule has 1 aliphatic rings. The third kappa shape index (κ3) is 4.98. The van der Waals surface area contributed by atoms with Gasteiger partial charge in [-0.1, -0.05) is 45.9 Å². The minimum atomic E-state index is -4.25. The fourth-order valence-corrected chi connectivity index (χ4v) is 2.63. The molecule has 2 aromatic rings. The first-order valence-electron chi connectivity index (χ1n) is 8.21. The largest absolute Gasteiger partial charge is 0.408 e. The molecule has 2 nitrogen and oxygen atoms in total. The van der Waals surface area contributed by atoms with Gasteiger partial charge in [0.05, 0.1) is 11.2 Å². The van der Waals surface area contributed by atoms with Gasteiger partial charge in [-0.2, -0.15) is 18.3 Å². The van der Waals surface area contributed by atoms with Gasteiger partial charge in [0.15, 0.2) is 0 Å². The van der Waals surface area contributed by atoms with Crippen LogP contribution in [0.2, 0.25) is 0 Å². The second-order valence-corrected chi connectivity index (χ2v) is 6.91. The van der Waals surface area contributed by atoms with E-state index in [0.717, 1.165) is 21.9 Å². The van der Waals surface area contributed by atoms with Crippen molar-refractivity contribution in [1.29, 1.82) is 0 Å². The zero-order valence-electron chi connectivity index (χ0n) is 14.2. The van der Waals surface area contributed by atoms with Crippen LogP contribution < -0.4 is 0 Å². The molecule has 0 radical (unpaired) electrons. The van der Waals surface area contributed by atoms with E-state index >= 15 is 0 Å². The van der Waals surface area contributed by atoms with Crippen LogP contribution in [0.25, 0.3) is 10.9 Å². The zero-order valence-corrected chi connectivity index (χ0v) is 14.2. The minimum absolute atomic E-state index is 0.106. The fourth-order valence-electron chi connectivity index (χ4n) is 2.63. The number of benzene rings is 1. The number of halogens is 3. The second-order valence-electron chi connectivity index (χ2n) is 6.91. The number of nitrogens with zero attached hydrogens (tertiary/aromatic N) is 2. The van der Waals surface area contributed by atoms with Crippen molar-refractivity contribution in [3.05, 3.63) is 30.0 Å². The van der Waals surface area contributed by atoms with Crippen LogP contribution in [0.1, 0.15) is 52.1 Å². The van der Waals surface area contributed by atoms with Crippen molar-refractivity contribution in [3.63, 3.8) is 0 Å². The van der Waals surface area contributed by atoms with E-state index in [1.54, 1.807) is 12.1 Å². The highest BCUT2D eigenvalue weighted by Crippen LogP contribution is 2.35. The summed E-state index contributed by atoms with van der Waals surface area (Å²) in [5.41, 5.74) is 1.25. The summed E-state index contributed by atoms with van der Waals surface area (Å²) < 4.78 is 38.3. The minimum Gasteiger partial charge on any atom is -0.255 e. The first-order chi connectivity index (χ1) is 10.7. The molecule has 128 valence electrons. The Kier molecular flexibility index (Phi) is 5.37. The van der Waals surface area contributed by atoms with Gasteiger partial charge in [0.25, 0.3) is 0 Å². The molecule has 0 amide bonds. The van der Waals surface area contributed by atoms with Gasteiger partial charge in [-0.25, -0.2) is 0 Å². The first-order valence-corrected chi connectivity index (χ1v) is 8.21. The lowest BCUT2D eigenvalue weighted by molar-refractivity contribution is -0.141. The second kappa shape index (κ2) is 6.93. The molecule has 0 atom stereocenters. The lowest BCUT2D eigenvalue weighted by Gasteiger charge is -2.07. The molecule has 1 aliphatic carbocycles. The van der Waals surface area contributed by atoms with Crippen molar-refractivity contribution in [2.75, 3.05) is 0 Å². The molecule has 5 heteroatoms. The maximum absolute atomic E-state index is 12.4. The molecule has 0 saturated heterocycles. The summed E-state index contributed by atoms with van der Waals surface area (Å²) in [5, 5.41) is 4.87. The molecular formula is C18H25F3N2. The molecule has 0 aliphatic heterocycles. The Bertz CT molecular complexity index is 637. The molecule has 3 rings (SSSR count). The Morgan fingerprint density at radius 2 is 1.74 bits per heavy atom. The van der Waals surface area contributed by atoms with Gasteiger partial charge in [-0.15, -0.1) is 0 Å². The monoisotopic (exact) mass is 326 g/mol. The highest BCUT2D eigenvalue weighted by atomic mass is 19.4. The van der Waals surface area contributed by atoms with Crippen LogP contribution in [-0.2, 0) is 6.54 Å². The van der Waals surface area contributed by atoms with E-state index in [4.69, 9.17) is 0 Å². The first kappa shape index (κ1) is 17.8. The third-order valence-corrected chi connectivity index (χ3v) is 4.13. The van der Waals surface area contributed by atoms with Crippen molar-refractivity contribution in [3.8, 4) is 0 Å². The quantitative estimate of drug-likeness (QED) is 0.699. The van der Waals surface area contributed by atoms with Crippen LogP contribution in [0, 0.1) is 11.8 Å². The average Bonchev–Trinajstić information content (AvgIpc) is 3.23. The van der Waals surface area contributed by atoms with E-state index in [9.17, 15) is 13.2 Å². The molecule has 23 heavy (non-hydrogen) atoms. The fraction of sp³-hybridized carbons (Fsp3) is 0.611. The normalized spacial score (nSPS) is 15.2. The van der Waals surface area contributed by atoms with E-state index in [1.807, 2.05) is 26.0 Å². The molecule has 0 N–H and O–H groups in total.